The van der Waals surface area contributed by atoms with E-state index in [9.17, 15) is 14.4 Å². The van der Waals surface area contributed by atoms with Gasteiger partial charge in [-0.2, -0.15) is 0 Å². The third-order valence-corrected chi connectivity index (χ3v) is 2.46. The van der Waals surface area contributed by atoms with E-state index in [1.807, 2.05) is 20.8 Å². The van der Waals surface area contributed by atoms with Crippen LogP contribution >= 0.6 is 0 Å². The molecule has 0 aliphatic rings. The number of hydrogen-bond acceptors (Lipinski definition) is 3. The summed E-state index contributed by atoms with van der Waals surface area (Å²) in [5.74, 6) is -1.15. The van der Waals surface area contributed by atoms with Crippen molar-refractivity contribution in [3.05, 3.63) is 0 Å². The Kier molecular flexibility index (Phi) is 7.02. The van der Waals surface area contributed by atoms with Crippen LogP contribution in [0, 0.1) is 0 Å². The monoisotopic (exact) mass is 287 g/mol. The Hall–Kier alpha value is -1.79. The summed E-state index contributed by atoms with van der Waals surface area (Å²) in [6.07, 6.45) is 0.388. The fourth-order valence-corrected chi connectivity index (χ4v) is 1.41. The molecule has 0 spiro atoms. The number of amides is 3. The quantitative estimate of drug-likeness (QED) is 0.672. The van der Waals surface area contributed by atoms with E-state index in [4.69, 9.17) is 5.11 Å². The van der Waals surface area contributed by atoms with Crippen molar-refractivity contribution in [2.24, 2.45) is 0 Å². The molecular formula is C13H25N3O4. The molecule has 0 radical (unpaired) electrons. The van der Waals surface area contributed by atoms with Crippen LogP contribution in [0.25, 0.3) is 0 Å². The van der Waals surface area contributed by atoms with Crippen LogP contribution in [-0.2, 0) is 9.59 Å². The van der Waals surface area contributed by atoms with Crippen molar-refractivity contribution < 1.29 is 19.5 Å². The molecule has 116 valence electrons. The number of nitrogens with one attached hydrogen (secondary N) is 2. The Morgan fingerprint density at radius 2 is 1.80 bits per heavy atom. The maximum Gasteiger partial charge on any atom is 0.317 e. The first kappa shape index (κ1) is 18.2. The van der Waals surface area contributed by atoms with Gasteiger partial charge in [0.05, 0.1) is 0 Å². The van der Waals surface area contributed by atoms with Crippen LogP contribution in [-0.4, -0.2) is 53.1 Å². The van der Waals surface area contributed by atoms with Crippen LogP contribution in [0.1, 0.15) is 40.5 Å². The molecule has 0 aromatic heterocycles. The summed E-state index contributed by atoms with van der Waals surface area (Å²) in [7, 11) is 1.56. The van der Waals surface area contributed by atoms with Crippen molar-refractivity contribution >= 4 is 17.9 Å². The van der Waals surface area contributed by atoms with Gasteiger partial charge in [-0.1, -0.05) is 0 Å². The second kappa shape index (κ2) is 7.72. The third kappa shape index (κ3) is 8.34. The summed E-state index contributed by atoms with van der Waals surface area (Å²) in [5.41, 5.74) is -0.358. The van der Waals surface area contributed by atoms with Crippen LogP contribution < -0.4 is 10.6 Å². The molecule has 0 saturated heterocycles. The number of nitrogens with zero attached hydrogens (tertiary/aromatic N) is 1. The topological polar surface area (TPSA) is 98.7 Å². The number of hydrogen-bond donors (Lipinski definition) is 3. The molecule has 0 rings (SSSR count). The van der Waals surface area contributed by atoms with Crippen LogP contribution in [0.2, 0.25) is 0 Å². The molecule has 3 amide bonds. The van der Waals surface area contributed by atoms with Gasteiger partial charge in [0.15, 0.2) is 0 Å². The van der Waals surface area contributed by atoms with Crippen molar-refractivity contribution in [2.45, 2.75) is 52.1 Å². The summed E-state index contributed by atoms with van der Waals surface area (Å²) < 4.78 is 0. The average molecular weight is 287 g/mol. The Balaban J connectivity index is 4.17. The lowest BCUT2D eigenvalue weighted by atomic mass is 10.1. The molecule has 0 aromatic carbocycles. The van der Waals surface area contributed by atoms with Gasteiger partial charge < -0.3 is 20.6 Å². The predicted molar refractivity (Wildman–Crippen MR) is 75.4 cm³/mol. The van der Waals surface area contributed by atoms with Crippen molar-refractivity contribution in [3.63, 3.8) is 0 Å². The summed E-state index contributed by atoms with van der Waals surface area (Å²) in [6.45, 7) is 7.50. The number of carboxylic acids is 1. The van der Waals surface area contributed by atoms with Crippen LogP contribution in [0.3, 0.4) is 0 Å². The van der Waals surface area contributed by atoms with Crippen molar-refractivity contribution in [2.75, 3.05) is 13.6 Å². The first-order valence-electron chi connectivity index (χ1n) is 6.58. The second-order valence-corrected chi connectivity index (χ2v) is 5.83. The van der Waals surface area contributed by atoms with Gasteiger partial charge >= 0.3 is 12.0 Å². The minimum absolute atomic E-state index is 0.0116. The summed E-state index contributed by atoms with van der Waals surface area (Å²) in [6, 6.07) is -1.05. The molecule has 0 aliphatic heterocycles. The Morgan fingerprint density at radius 1 is 1.25 bits per heavy atom. The molecule has 0 bridgehead atoms. The molecule has 0 heterocycles. The second-order valence-electron chi connectivity index (χ2n) is 5.83. The lowest BCUT2D eigenvalue weighted by molar-refractivity contribution is -0.137. The molecule has 1 unspecified atom stereocenters. The van der Waals surface area contributed by atoms with E-state index in [1.165, 1.54) is 4.90 Å². The number of aliphatic carboxylic acids is 1. The van der Waals surface area contributed by atoms with Gasteiger partial charge in [-0.25, -0.2) is 4.79 Å². The highest BCUT2D eigenvalue weighted by molar-refractivity contribution is 5.87. The van der Waals surface area contributed by atoms with Gasteiger partial charge in [0.2, 0.25) is 5.91 Å². The van der Waals surface area contributed by atoms with Gasteiger partial charge in [-0.05, 0) is 34.1 Å². The normalized spacial score (nSPS) is 12.4. The first-order chi connectivity index (χ1) is 9.03. The molecule has 0 aliphatic carbocycles. The van der Waals surface area contributed by atoms with Crippen LogP contribution in [0.4, 0.5) is 4.79 Å². The van der Waals surface area contributed by atoms with E-state index < -0.39 is 18.0 Å². The zero-order valence-corrected chi connectivity index (χ0v) is 12.8. The largest absolute Gasteiger partial charge is 0.481 e. The smallest absolute Gasteiger partial charge is 0.317 e. The fraction of sp³-hybridized carbons (Fsp3) is 0.769. The van der Waals surface area contributed by atoms with E-state index in [2.05, 4.69) is 10.6 Å². The van der Waals surface area contributed by atoms with E-state index >= 15 is 0 Å². The minimum Gasteiger partial charge on any atom is -0.481 e. The zero-order chi connectivity index (χ0) is 15.9. The number of carboxylic acid groups (broad SMARTS) is 1. The molecule has 0 fully saturated rings. The van der Waals surface area contributed by atoms with Gasteiger partial charge in [0, 0.05) is 25.6 Å². The van der Waals surface area contributed by atoms with Gasteiger partial charge in [-0.3, -0.25) is 9.59 Å². The Bertz CT molecular complexity index is 363. The van der Waals surface area contributed by atoms with Gasteiger partial charge in [-0.15, -0.1) is 0 Å². The van der Waals surface area contributed by atoms with Crippen LogP contribution in [0.15, 0.2) is 0 Å². The van der Waals surface area contributed by atoms with Crippen molar-refractivity contribution in [1.29, 1.82) is 0 Å². The maximum absolute atomic E-state index is 11.8. The van der Waals surface area contributed by atoms with Crippen molar-refractivity contribution in [3.8, 4) is 0 Å². The molecule has 0 aromatic rings. The van der Waals surface area contributed by atoms with E-state index in [0.29, 0.717) is 13.0 Å². The Morgan fingerprint density at radius 3 is 2.25 bits per heavy atom. The van der Waals surface area contributed by atoms with Gasteiger partial charge in [0.1, 0.15) is 6.04 Å². The molecule has 7 heteroatoms. The van der Waals surface area contributed by atoms with Crippen LogP contribution in [0.5, 0.6) is 0 Å². The van der Waals surface area contributed by atoms with E-state index in [0.717, 1.165) is 0 Å². The standard InChI is InChI=1S/C13H25N3O4/c1-9(11(19)15-13(2,3)4)14-12(20)16(5)8-6-7-10(17)18/h9H,6-8H2,1-5H3,(H,14,20)(H,15,19)(H,17,18). The SMILES string of the molecule is CC(NC(=O)N(C)CCCC(=O)O)C(=O)NC(C)(C)C. The molecule has 1 atom stereocenters. The van der Waals surface area contributed by atoms with Crippen molar-refractivity contribution in [1.82, 2.24) is 15.5 Å². The van der Waals surface area contributed by atoms with E-state index in [-0.39, 0.29) is 17.9 Å². The lowest BCUT2D eigenvalue weighted by Crippen LogP contribution is -2.53. The molecule has 7 nitrogen and oxygen atoms in total. The zero-order valence-electron chi connectivity index (χ0n) is 12.8. The number of carbonyl (C=O) groups excluding carboxylic acids is 2. The summed E-state index contributed by atoms with van der Waals surface area (Å²) in [5, 5.41) is 13.9. The Labute approximate surface area is 119 Å². The lowest BCUT2D eigenvalue weighted by Gasteiger charge is -2.25. The fourth-order valence-electron chi connectivity index (χ4n) is 1.41. The molecule has 3 N–H and O–H groups in total. The summed E-state index contributed by atoms with van der Waals surface area (Å²) in [4.78, 5) is 35.3. The molecule has 0 saturated carbocycles. The highest BCUT2D eigenvalue weighted by atomic mass is 16.4. The van der Waals surface area contributed by atoms with Gasteiger partial charge in [0.25, 0.3) is 0 Å². The maximum atomic E-state index is 11.8. The predicted octanol–water partition coefficient (Wildman–Crippen LogP) is 0.796. The first-order valence-corrected chi connectivity index (χ1v) is 6.58. The highest BCUT2D eigenvalue weighted by Crippen LogP contribution is 2.00. The molecular weight excluding hydrogens is 262 g/mol. The van der Waals surface area contributed by atoms with E-state index in [1.54, 1.807) is 14.0 Å². The number of urea groups is 1. The number of carbonyl (C=O) groups is 3. The average Bonchev–Trinajstić information content (AvgIpc) is 2.25. The minimum atomic E-state index is -0.892. The number of rotatable bonds is 6. The third-order valence-electron chi connectivity index (χ3n) is 2.46. The highest BCUT2D eigenvalue weighted by Gasteiger charge is 2.21. The molecule has 20 heavy (non-hydrogen) atoms. The summed E-state index contributed by atoms with van der Waals surface area (Å²) >= 11 is 0.